The highest BCUT2D eigenvalue weighted by molar-refractivity contribution is 9.10. The van der Waals surface area contributed by atoms with Crippen LogP contribution >= 0.6 is 15.9 Å². The van der Waals surface area contributed by atoms with Gasteiger partial charge in [0.25, 0.3) is 0 Å². The lowest BCUT2D eigenvalue weighted by Gasteiger charge is -2.15. The Morgan fingerprint density at radius 3 is 2.29 bits per heavy atom. The molecule has 0 saturated carbocycles. The predicted molar refractivity (Wildman–Crippen MR) is 88.7 cm³/mol. The minimum atomic E-state index is -0.204. The van der Waals surface area contributed by atoms with E-state index in [2.05, 4.69) is 28.1 Å². The normalized spacial score (nSPS) is 12.5. The number of nitrogens with two attached hydrogens (primary N) is 1. The average Bonchev–Trinajstić information content (AvgIpc) is 2.50. The van der Waals surface area contributed by atoms with E-state index in [1.54, 1.807) is 12.1 Å². The van der Waals surface area contributed by atoms with Crippen molar-refractivity contribution in [1.82, 2.24) is 0 Å². The molecule has 2 N–H and O–H groups in total. The average molecular weight is 344 g/mol. The summed E-state index contributed by atoms with van der Waals surface area (Å²) in [5, 5.41) is 1.52. The maximum atomic E-state index is 13.9. The van der Waals surface area contributed by atoms with Crippen LogP contribution in [0.3, 0.4) is 0 Å². The van der Waals surface area contributed by atoms with E-state index in [9.17, 15) is 4.39 Å². The van der Waals surface area contributed by atoms with Gasteiger partial charge in [0.1, 0.15) is 5.82 Å². The first-order chi connectivity index (χ1) is 10.1. The number of hydrogen-bond donors (Lipinski definition) is 1. The van der Waals surface area contributed by atoms with Gasteiger partial charge in [0.2, 0.25) is 0 Å². The van der Waals surface area contributed by atoms with Crippen LogP contribution in [0.1, 0.15) is 17.2 Å². The minimum absolute atomic E-state index is 0.156. The van der Waals surface area contributed by atoms with Crippen LogP contribution in [0.4, 0.5) is 4.39 Å². The molecule has 0 amide bonds. The molecule has 0 radical (unpaired) electrons. The van der Waals surface area contributed by atoms with Gasteiger partial charge in [-0.25, -0.2) is 4.39 Å². The lowest BCUT2D eigenvalue weighted by molar-refractivity contribution is 0.637. The summed E-state index contributed by atoms with van der Waals surface area (Å²) in [6.07, 6.45) is 0.725. The van der Waals surface area contributed by atoms with Gasteiger partial charge in [-0.05, 0) is 41.1 Å². The van der Waals surface area contributed by atoms with Crippen LogP contribution in [0, 0.1) is 5.82 Å². The Hall–Kier alpha value is -1.71. The molecule has 1 nitrogen and oxygen atoms in total. The summed E-state index contributed by atoms with van der Waals surface area (Å²) in [4.78, 5) is 0. The van der Waals surface area contributed by atoms with E-state index in [1.807, 2.05) is 30.3 Å². The molecule has 1 unspecified atom stereocenters. The smallest absolute Gasteiger partial charge is 0.131 e. The highest BCUT2D eigenvalue weighted by atomic mass is 79.9. The topological polar surface area (TPSA) is 26.0 Å². The molecule has 3 rings (SSSR count). The first-order valence-corrected chi connectivity index (χ1v) is 7.61. The van der Waals surface area contributed by atoms with Crippen LogP contribution in [-0.4, -0.2) is 0 Å². The maximum absolute atomic E-state index is 13.9. The second-order valence-electron chi connectivity index (χ2n) is 5.12. The van der Waals surface area contributed by atoms with Crippen molar-refractivity contribution in [3.63, 3.8) is 0 Å². The molecule has 0 aromatic heterocycles. The second kappa shape index (κ2) is 5.96. The first kappa shape index (κ1) is 14.2. The third kappa shape index (κ3) is 2.99. The molecule has 0 spiro atoms. The summed E-state index contributed by atoms with van der Waals surface area (Å²) < 4.78 is 14.9. The van der Waals surface area contributed by atoms with Crippen LogP contribution in [0.5, 0.6) is 0 Å². The molecule has 1 atom stereocenters. The van der Waals surface area contributed by atoms with Crippen LogP contribution in [0.25, 0.3) is 10.8 Å². The number of fused-ring (bicyclic) bond motifs is 1. The van der Waals surface area contributed by atoms with E-state index in [0.29, 0.717) is 5.39 Å². The predicted octanol–water partition coefficient (Wildman–Crippen LogP) is 4.98. The number of hydrogen-bond acceptors (Lipinski definition) is 1. The monoisotopic (exact) mass is 343 g/mol. The molecule has 0 bridgehead atoms. The zero-order chi connectivity index (χ0) is 14.8. The zero-order valence-electron chi connectivity index (χ0n) is 11.4. The molecular formula is C18H15BrFN. The van der Waals surface area contributed by atoms with Crippen molar-refractivity contribution in [3.05, 3.63) is 82.1 Å². The van der Waals surface area contributed by atoms with Crippen LogP contribution in [0.2, 0.25) is 0 Å². The molecule has 0 aliphatic heterocycles. The van der Waals surface area contributed by atoms with Crippen molar-refractivity contribution in [2.75, 3.05) is 0 Å². The van der Waals surface area contributed by atoms with Gasteiger partial charge in [0.05, 0.1) is 0 Å². The number of benzene rings is 3. The third-order valence-corrected chi connectivity index (χ3v) is 4.20. The van der Waals surface area contributed by atoms with Gasteiger partial charge in [-0.3, -0.25) is 0 Å². The van der Waals surface area contributed by atoms with Crippen molar-refractivity contribution in [1.29, 1.82) is 0 Å². The van der Waals surface area contributed by atoms with Gasteiger partial charge in [0.15, 0.2) is 0 Å². The fraction of sp³-hybridized carbons (Fsp3) is 0.111. The Labute approximate surface area is 131 Å². The van der Waals surface area contributed by atoms with Crippen molar-refractivity contribution in [2.45, 2.75) is 12.5 Å². The molecule has 3 heteroatoms. The van der Waals surface area contributed by atoms with Gasteiger partial charge in [-0.1, -0.05) is 58.4 Å². The Kier molecular flexibility index (Phi) is 4.04. The van der Waals surface area contributed by atoms with Gasteiger partial charge >= 0.3 is 0 Å². The minimum Gasteiger partial charge on any atom is -0.324 e. The lowest BCUT2D eigenvalue weighted by atomic mass is 9.94. The molecule has 3 aromatic rings. The van der Waals surface area contributed by atoms with Crippen LogP contribution in [0.15, 0.2) is 65.1 Å². The van der Waals surface area contributed by atoms with Crippen LogP contribution in [-0.2, 0) is 6.42 Å². The molecule has 0 aliphatic rings. The second-order valence-corrected chi connectivity index (χ2v) is 6.03. The molecule has 3 aromatic carbocycles. The summed E-state index contributed by atoms with van der Waals surface area (Å²) >= 11 is 3.42. The lowest BCUT2D eigenvalue weighted by Crippen LogP contribution is -2.14. The quantitative estimate of drug-likeness (QED) is 0.712. The standard InChI is InChI=1S/C18H15BrFN/c19-13-7-5-12(6-8-13)11-18(21)16-9-10-17(20)15-4-2-1-3-14(15)16/h1-10,18H,11,21H2. The molecular weight excluding hydrogens is 329 g/mol. The Morgan fingerprint density at radius 1 is 0.905 bits per heavy atom. The molecule has 106 valence electrons. The van der Waals surface area contributed by atoms with E-state index in [0.717, 1.165) is 21.8 Å². The zero-order valence-corrected chi connectivity index (χ0v) is 13.0. The van der Waals surface area contributed by atoms with Gasteiger partial charge < -0.3 is 5.73 Å². The summed E-state index contributed by atoms with van der Waals surface area (Å²) in [6.45, 7) is 0. The summed E-state index contributed by atoms with van der Waals surface area (Å²) in [5.41, 5.74) is 8.49. The molecule has 0 fully saturated rings. The molecule has 0 saturated heterocycles. The van der Waals surface area contributed by atoms with Crippen molar-refractivity contribution in [2.24, 2.45) is 5.73 Å². The van der Waals surface area contributed by atoms with Crippen LogP contribution < -0.4 is 5.73 Å². The van der Waals surface area contributed by atoms with E-state index in [-0.39, 0.29) is 11.9 Å². The Morgan fingerprint density at radius 2 is 1.57 bits per heavy atom. The van der Waals surface area contributed by atoms with E-state index in [4.69, 9.17) is 5.73 Å². The highest BCUT2D eigenvalue weighted by Gasteiger charge is 2.12. The summed E-state index contributed by atoms with van der Waals surface area (Å²) in [6, 6.07) is 18.7. The fourth-order valence-electron chi connectivity index (χ4n) is 2.59. The largest absolute Gasteiger partial charge is 0.324 e. The van der Waals surface area contributed by atoms with Gasteiger partial charge in [-0.15, -0.1) is 0 Å². The molecule has 21 heavy (non-hydrogen) atoms. The highest BCUT2D eigenvalue weighted by Crippen LogP contribution is 2.27. The van der Waals surface area contributed by atoms with Gasteiger partial charge in [0, 0.05) is 15.9 Å². The SMILES string of the molecule is NC(Cc1ccc(Br)cc1)c1ccc(F)c2ccccc12. The third-order valence-electron chi connectivity index (χ3n) is 3.67. The molecule has 0 aliphatic carbocycles. The maximum Gasteiger partial charge on any atom is 0.131 e. The van der Waals surface area contributed by atoms with Crippen molar-refractivity contribution >= 4 is 26.7 Å². The molecule has 0 heterocycles. The number of halogens is 2. The van der Waals surface area contributed by atoms with E-state index >= 15 is 0 Å². The summed E-state index contributed by atoms with van der Waals surface area (Å²) in [7, 11) is 0. The van der Waals surface area contributed by atoms with Gasteiger partial charge in [-0.2, -0.15) is 0 Å². The van der Waals surface area contributed by atoms with E-state index in [1.165, 1.54) is 11.6 Å². The first-order valence-electron chi connectivity index (χ1n) is 6.82. The van der Waals surface area contributed by atoms with E-state index < -0.39 is 0 Å². The van der Waals surface area contributed by atoms with Crippen molar-refractivity contribution < 1.29 is 4.39 Å². The summed E-state index contributed by atoms with van der Waals surface area (Å²) in [5.74, 6) is -0.204. The fourth-order valence-corrected chi connectivity index (χ4v) is 2.86. The Bertz CT molecular complexity index is 768. The Balaban J connectivity index is 1.96. The number of rotatable bonds is 3. The van der Waals surface area contributed by atoms with Crippen molar-refractivity contribution in [3.8, 4) is 0 Å².